The minimum absolute atomic E-state index is 1.03. The molecule has 0 bridgehead atoms. The molecule has 0 saturated carbocycles. The summed E-state index contributed by atoms with van der Waals surface area (Å²) in [4.78, 5) is 0. The maximum atomic E-state index is 5.52. The van der Waals surface area contributed by atoms with Crippen LogP contribution in [-0.2, 0) is 0 Å². The van der Waals surface area contributed by atoms with Crippen LogP contribution in [0.1, 0.15) is 0 Å². The van der Waals surface area contributed by atoms with Crippen LogP contribution in [-0.4, -0.2) is 16.5 Å². The van der Waals surface area contributed by atoms with Crippen molar-refractivity contribution in [2.75, 3.05) is 0 Å². The second-order valence-electron chi connectivity index (χ2n) is 5.18. The van der Waals surface area contributed by atoms with Crippen LogP contribution in [0, 0.1) is 0 Å². The fraction of sp³-hybridized carbons (Fsp3) is 0.333. The van der Waals surface area contributed by atoms with Gasteiger partial charge in [0.15, 0.2) is 0 Å². The van der Waals surface area contributed by atoms with Gasteiger partial charge in [0.2, 0.25) is 0 Å². The monoisotopic (exact) mass is 264 g/mol. The summed E-state index contributed by atoms with van der Waals surface area (Å²) in [5, 5.41) is 2.06. The number of hydrogen-bond acceptors (Lipinski definition) is 2. The first-order chi connectivity index (χ1) is 7.92. The molecule has 2 rings (SSSR count). The van der Waals surface area contributed by atoms with Crippen molar-refractivity contribution in [3.05, 3.63) is 41.4 Å². The lowest BCUT2D eigenvalue weighted by Crippen LogP contribution is -2.52. The molecule has 0 aliphatic rings. The topological polar surface area (TPSA) is 40.4 Å². The Hall–Kier alpha value is -1.05. The average molecular weight is 264 g/mol. The molecule has 0 radical (unpaired) electrons. The molecule has 3 nitrogen and oxygen atoms in total. The highest BCUT2D eigenvalue weighted by atomic mass is 28.4. The van der Waals surface area contributed by atoms with Gasteiger partial charge in [0, 0.05) is 16.5 Å². The number of hydrogen-bond donors (Lipinski definition) is 0. The minimum atomic E-state index is -1.86. The molecule has 0 spiro atoms. The van der Waals surface area contributed by atoms with Crippen molar-refractivity contribution in [3.8, 4) is 0 Å². The van der Waals surface area contributed by atoms with E-state index in [9.17, 15) is 0 Å². The first-order valence-corrected chi connectivity index (χ1v) is 11.6. The smallest absolute Gasteiger partial charge is 0.0899 e. The van der Waals surface area contributed by atoms with Crippen LogP contribution in [0.5, 0.6) is 0 Å². The molecule has 2 aromatic rings. The molecule has 2 heterocycles. The van der Waals surface area contributed by atoms with E-state index in [1.54, 1.807) is 12.5 Å². The average Bonchev–Trinajstić information content (AvgIpc) is 2.91. The second-order valence-corrected chi connectivity index (χ2v) is 13.3. The number of rotatable bonds is 4. The van der Waals surface area contributed by atoms with E-state index in [-0.39, 0.29) is 0 Å². The standard InChI is InChI=1S/C12H18NO2Si2/c1-16(2,11-7-5-9-14-11)13-17(3,4)12-8-6-10-15-12/h5-10H,1-4H3/q-1. The highest BCUT2D eigenvalue weighted by Crippen LogP contribution is 2.21. The summed E-state index contributed by atoms with van der Waals surface area (Å²) < 4.78 is 16.2. The van der Waals surface area contributed by atoms with Gasteiger partial charge >= 0.3 is 0 Å². The predicted molar refractivity (Wildman–Crippen MR) is 75.0 cm³/mol. The van der Waals surface area contributed by atoms with E-state index in [2.05, 4.69) is 26.2 Å². The van der Waals surface area contributed by atoms with E-state index in [1.807, 2.05) is 24.3 Å². The molecule has 0 aliphatic heterocycles. The lowest BCUT2D eigenvalue weighted by Gasteiger charge is -2.46. The molecule has 2 aromatic heterocycles. The fourth-order valence-corrected chi connectivity index (χ4v) is 10.3. The van der Waals surface area contributed by atoms with Crippen LogP contribution in [0.3, 0.4) is 0 Å². The third kappa shape index (κ3) is 2.62. The largest absolute Gasteiger partial charge is 0.655 e. The lowest BCUT2D eigenvalue weighted by atomic mass is 10.7. The molecule has 0 unspecified atom stereocenters. The third-order valence-corrected chi connectivity index (χ3v) is 10.3. The Morgan fingerprint density at radius 2 is 1.24 bits per heavy atom. The molecule has 0 fully saturated rings. The van der Waals surface area contributed by atoms with Crippen LogP contribution >= 0.6 is 0 Å². The van der Waals surface area contributed by atoms with Crippen molar-refractivity contribution in [2.24, 2.45) is 0 Å². The van der Waals surface area contributed by atoms with Crippen LogP contribution in [0.25, 0.3) is 4.65 Å². The Bertz CT molecular complexity index is 416. The Morgan fingerprint density at radius 3 is 1.53 bits per heavy atom. The molecule has 17 heavy (non-hydrogen) atoms. The van der Waals surface area contributed by atoms with Gasteiger partial charge in [0.25, 0.3) is 0 Å². The van der Waals surface area contributed by atoms with E-state index < -0.39 is 16.5 Å². The van der Waals surface area contributed by atoms with Gasteiger partial charge in [0.1, 0.15) is 0 Å². The Kier molecular flexibility index (Phi) is 3.16. The van der Waals surface area contributed by atoms with Gasteiger partial charge in [-0.05, 0) is 24.3 Å². The van der Waals surface area contributed by atoms with Gasteiger partial charge in [-0.2, -0.15) is 0 Å². The third-order valence-electron chi connectivity index (χ3n) is 2.81. The zero-order valence-electron chi connectivity index (χ0n) is 10.7. The SMILES string of the molecule is C[Si](C)([N-][Si](C)(C)c1ccco1)c1ccco1. The summed E-state index contributed by atoms with van der Waals surface area (Å²) in [6, 6.07) is 7.92. The first-order valence-electron chi connectivity index (χ1n) is 5.74. The molecule has 0 N–H and O–H groups in total. The molecule has 0 amide bonds. The Morgan fingerprint density at radius 1 is 0.824 bits per heavy atom. The highest BCUT2D eigenvalue weighted by molar-refractivity contribution is 7.11. The summed E-state index contributed by atoms with van der Waals surface area (Å²) in [6.07, 6.45) is 3.45. The van der Waals surface area contributed by atoms with Gasteiger partial charge in [-0.15, -0.1) is 0 Å². The van der Waals surface area contributed by atoms with E-state index in [1.165, 1.54) is 0 Å². The zero-order valence-corrected chi connectivity index (χ0v) is 12.7. The van der Waals surface area contributed by atoms with Gasteiger partial charge in [0.05, 0.1) is 23.3 Å². The van der Waals surface area contributed by atoms with E-state index in [4.69, 9.17) is 13.5 Å². The molecule has 0 atom stereocenters. The Balaban J connectivity index is 2.21. The van der Waals surface area contributed by atoms with Crippen molar-refractivity contribution >= 4 is 27.2 Å². The van der Waals surface area contributed by atoms with Gasteiger partial charge in [-0.25, -0.2) is 0 Å². The van der Waals surface area contributed by atoms with Crippen molar-refractivity contribution in [3.63, 3.8) is 0 Å². The predicted octanol–water partition coefficient (Wildman–Crippen LogP) is 2.77. The lowest BCUT2D eigenvalue weighted by molar-refractivity contribution is 0.596. The second kappa shape index (κ2) is 4.32. The summed E-state index contributed by atoms with van der Waals surface area (Å²) in [6.45, 7) is 8.85. The quantitative estimate of drug-likeness (QED) is 0.797. The summed E-state index contributed by atoms with van der Waals surface area (Å²) in [5.41, 5.74) is 0. The minimum Gasteiger partial charge on any atom is -0.655 e. The summed E-state index contributed by atoms with van der Waals surface area (Å²) in [7, 11) is -3.72. The fourth-order valence-electron chi connectivity index (χ4n) is 2.06. The summed E-state index contributed by atoms with van der Waals surface area (Å²) in [5.74, 6) is 0. The first kappa shape index (κ1) is 12.4. The van der Waals surface area contributed by atoms with E-state index in [0.29, 0.717) is 0 Å². The molecule has 5 heteroatoms. The molecule has 0 saturated heterocycles. The maximum Gasteiger partial charge on any atom is 0.0899 e. The van der Waals surface area contributed by atoms with Gasteiger partial charge < -0.3 is 13.5 Å². The van der Waals surface area contributed by atoms with Crippen LogP contribution in [0.4, 0.5) is 0 Å². The molecule has 0 aliphatic carbocycles. The Labute approximate surface area is 104 Å². The normalized spacial score (nSPS) is 12.9. The zero-order chi connectivity index (χ0) is 12.5. The molecular formula is C12H18NO2Si2-. The van der Waals surface area contributed by atoms with Gasteiger partial charge in [-0.3, -0.25) is 0 Å². The maximum absolute atomic E-state index is 5.52. The van der Waals surface area contributed by atoms with Crippen LogP contribution in [0.2, 0.25) is 26.2 Å². The molecule has 0 aromatic carbocycles. The van der Waals surface area contributed by atoms with Gasteiger partial charge in [-0.1, -0.05) is 26.2 Å². The summed E-state index contributed by atoms with van der Waals surface area (Å²) >= 11 is 0. The van der Waals surface area contributed by atoms with Crippen molar-refractivity contribution < 1.29 is 8.83 Å². The van der Waals surface area contributed by atoms with E-state index in [0.717, 1.165) is 10.8 Å². The van der Waals surface area contributed by atoms with E-state index >= 15 is 0 Å². The number of nitrogens with zero attached hydrogens (tertiary/aromatic N) is 1. The van der Waals surface area contributed by atoms with Crippen LogP contribution < -0.4 is 10.8 Å². The van der Waals surface area contributed by atoms with Crippen LogP contribution in [0.15, 0.2) is 45.6 Å². The highest BCUT2D eigenvalue weighted by Gasteiger charge is 2.24. The number of furan rings is 2. The molecule has 92 valence electrons. The van der Waals surface area contributed by atoms with Crippen molar-refractivity contribution in [1.29, 1.82) is 0 Å². The molecular weight excluding hydrogens is 246 g/mol. The van der Waals surface area contributed by atoms with Crippen molar-refractivity contribution in [1.82, 2.24) is 0 Å². The van der Waals surface area contributed by atoms with Crippen molar-refractivity contribution in [2.45, 2.75) is 26.2 Å².